The number of hydrogen-bond acceptors (Lipinski definition) is 3. The van der Waals surface area contributed by atoms with E-state index < -0.39 is 5.41 Å². The molecule has 0 saturated carbocycles. The Morgan fingerprint density at radius 3 is 2.62 bits per heavy atom. The highest BCUT2D eigenvalue weighted by Gasteiger charge is 2.24. The van der Waals surface area contributed by atoms with Crippen LogP contribution < -0.4 is 10.2 Å². The molecule has 2 rings (SSSR count). The van der Waals surface area contributed by atoms with Crippen molar-refractivity contribution in [1.29, 1.82) is 0 Å². The van der Waals surface area contributed by atoms with Crippen molar-refractivity contribution in [3.05, 3.63) is 23.8 Å². The van der Waals surface area contributed by atoms with E-state index in [4.69, 9.17) is 0 Å². The summed E-state index contributed by atoms with van der Waals surface area (Å²) < 4.78 is 0. The van der Waals surface area contributed by atoms with Crippen LogP contribution in [-0.2, 0) is 4.79 Å². The van der Waals surface area contributed by atoms with Gasteiger partial charge < -0.3 is 10.2 Å². The van der Waals surface area contributed by atoms with Crippen molar-refractivity contribution in [3.63, 3.8) is 0 Å². The summed E-state index contributed by atoms with van der Waals surface area (Å²) in [5, 5.41) is 2.84. The fourth-order valence-corrected chi connectivity index (χ4v) is 2.57. The number of aldehydes is 1. The Hall–Kier alpha value is -1.84. The van der Waals surface area contributed by atoms with Crippen molar-refractivity contribution in [2.24, 2.45) is 5.41 Å². The highest BCUT2D eigenvalue weighted by atomic mass is 16.2. The molecule has 4 heteroatoms. The molecular weight excluding hydrogens is 264 g/mol. The van der Waals surface area contributed by atoms with Gasteiger partial charge in [0.2, 0.25) is 5.91 Å². The van der Waals surface area contributed by atoms with Gasteiger partial charge in [-0.1, -0.05) is 20.8 Å². The Labute approximate surface area is 126 Å². The molecule has 0 radical (unpaired) electrons. The van der Waals surface area contributed by atoms with Gasteiger partial charge >= 0.3 is 0 Å². The van der Waals surface area contributed by atoms with Crippen molar-refractivity contribution < 1.29 is 9.59 Å². The van der Waals surface area contributed by atoms with Crippen LogP contribution in [0, 0.1) is 5.41 Å². The van der Waals surface area contributed by atoms with Gasteiger partial charge in [0.05, 0.1) is 5.69 Å². The standard InChI is InChI=1S/C17H24N2O2/c1-12-6-5-9-19(12)14-7-8-15(13(10-14)11-20)18-16(21)17(2,3)4/h7-8,10-12H,5-6,9H2,1-4H3,(H,18,21). The molecule has 1 N–H and O–H groups in total. The van der Waals surface area contributed by atoms with Crippen LogP contribution in [0.15, 0.2) is 18.2 Å². The van der Waals surface area contributed by atoms with Crippen LogP contribution in [0.4, 0.5) is 11.4 Å². The lowest BCUT2D eigenvalue weighted by atomic mass is 9.95. The number of rotatable bonds is 3. The van der Waals surface area contributed by atoms with Gasteiger partial charge in [0.1, 0.15) is 0 Å². The molecule has 1 unspecified atom stereocenters. The third kappa shape index (κ3) is 3.43. The van der Waals surface area contributed by atoms with Crippen LogP contribution in [-0.4, -0.2) is 24.8 Å². The number of hydrogen-bond donors (Lipinski definition) is 1. The molecule has 1 aromatic carbocycles. The highest BCUT2D eigenvalue weighted by Crippen LogP contribution is 2.29. The van der Waals surface area contributed by atoms with E-state index in [1.54, 1.807) is 0 Å². The van der Waals surface area contributed by atoms with E-state index in [0.29, 0.717) is 17.3 Å². The number of nitrogens with one attached hydrogen (secondary N) is 1. The van der Waals surface area contributed by atoms with E-state index in [-0.39, 0.29) is 5.91 Å². The van der Waals surface area contributed by atoms with Gasteiger partial charge in [0.25, 0.3) is 0 Å². The van der Waals surface area contributed by atoms with Crippen LogP contribution in [0.5, 0.6) is 0 Å². The summed E-state index contributed by atoms with van der Waals surface area (Å²) in [6, 6.07) is 6.17. The Balaban J connectivity index is 2.25. The number of benzene rings is 1. The molecule has 1 atom stereocenters. The molecule has 0 aliphatic carbocycles. The molecule has 0 spiro atoms. The van der Waals surface area contributed by atoms with Gasteiger partial charge in [-0.15, -0.1) is 0 Å². The zero-order valence-electron chi connectivity index (χ0n) is 13.3. The molecular formula is C17H24N2O2. The summed E-state index contributed by atoms with van der Waals surface area (Å²) in [5.74, 6) is -0.0899. The molecule has 0 bridgehead atoms. The van der Waals surface area contributed by atoms with Crippen LogP contribution >= 0.6 is 0 Å². The zero-order valence-corrected chi connectivity index (χ0v) is 13.3. The van der Waals surface area contributed by atoms with Crippen molar-refractivity contribution in [1.82, 2.24) is 0 Å². The molecule has 1 amide bonds. The molecule has 4 nitrogen and oxygen atoms in total. The van der Waals surface area contributed by atoms with Gasteiger partial charge in [-0.25, -0.2) is 0 Å². The summed E-state index contributed by atoms with van der Waals surface area (Å²) in [5.41, 5.74) is 1.68. The average Bonchev–Trinajstić information content (AvgIpc) is 2.84. The number of carbonyl (C=O) groups excluding carboxylic acids is 2. The first kappa shape index (κ1) is 15.5. The molecule has 1 aliphatic heterocycles. The first-order valence-electron chi connectivity index (χ1n) is 7.50. The van der Waals surface area contributed by atoms with Crippen LogP contribution in [0.3, 0.4) is 0 Å². The predicted octanol–water partition coefficient (Wildman–Crippen LogP) is 3.47. The van der Waals surface area contributed by atoms with Crippen LogP contribution in [0.1, 0.15) is 50.9 Å². The first-order chi connectivity index (χ1) is 9.82. The average molecular weight is 288 g/mol. The van der Waals surface area contributed by atoms with Crippen molar-refractivity contribution in [3.8, 4) is 0 Å². The van der Waals surface area contributed by atoms with E-state index in [9.17, 15) is 9.59 Å². The number of amides is 1. The third-order valence-corrected chi connectivity index (χ3v) is 3.98. The van der Waals surface area contributed by atoms with Crippen molar-refractivity contribution in [2.45, 2.75) is 46.6 Å². The Morgan fingerprint density at radius 1 is 1.38 bits per heavy atom. The Kier molecular flexibility index (Phi) is 4.35. The predicted molar refractivity (Wildman–Crippen MR) is 86.0 cm³/mol. The van der Waals surface area contributed by atoms with Gasteiger partial charge in [0.15, 0.2) is 6.29 Å². The number of anilines is 2. The van der Waals surface area contributed by atoms with Gasteiger partial charge in [0, 0.05) is 29.3 Å². The maximum Gasteiger partial charge on any atom is 0.229 e. The lowest BCUT2D eigenvalue weighted by molar-refractivity contribution is -0.123. The van der Waals surface area contributed by atoms with E-state index in [1.165, 1.54) is 12.8 Å². The minimum Gasteiger partial charge on any atom is -0.369 e. The monoisotopic (exact) mass is 288 g/mol. The molecule has 1 saturated heterocycles. The SMILES string of the molecule is CC1CCCN1c1ccc(NC(=O)C(C)(C)C)c(C=O)c1. The van der Waals surface area contributed by atoms with Crippen molar-refractivity contribution >= 4 is 23.6 Å². The smallest absolute Gasteiger partial charge is 0.229 e. The first-order valence-corrected chi connectivity index (χ1v) is 7.50. The quantitative estimate of drug-likeness (QED) is 0.866. The van der Waals surface area contributed by atoms with Crippen molar-refractivity contribution in [2.75, 3.05) is 16.8 Å². The summed E-state index contributed by atoms with van der Waals surface area (Å²) in [4.78, 5) is 25.7. The van der Waals surface area contributed by atoms with E-state index in [2.05, 4.69) is 17.1 Å². The van der Waals surface area contributed by atoms with E-state index in [1.807, 2.05) is 39.0 Å². The second kappa shape index (κ2) is 5.88. The Bertz CT molecular complexity index is 546. The fraction of sp³-hybridized carbons (Fsp3) is 0.529. The molecule has 21 heavy (non-hydrogen) atoms. The summed E-state index contributed by atoms with van der Waals surface area (Å²) in [7, 11) is 0. The highest BCUT2D eigenvalue weighted by molar-refractivity contribution is 5.99. The maximum atomic E-state index is 12.1. The molecule has 0 aromatic heterocycles. The van der Waals surface area contributed by atoms with Gasteiger partial charge in [-0.05, 0) is 38.0 Å². The molecule has 1 fully saturated rings. The molecule has 1 aliphatic rings. The zero-order chi connectivity index (χ0) is 15.6. The summed E-state index contributed by atoms with van der Waals surface area (Å²) in [6.07, 6.45) is 3.17. The molecule has 114 valence electrons. The second-order valence-electron chi connectivity index (χ2n) is 6.78. The number of nitrogens with zero attached hydrogens (tertiary/aromatic N) is 1. The summed E-state index contributed by atoms with van der Waals surface area (Å²) >= 11 is 0. The lowest BCUT2D eigenvalue weighted by Gasteiger charge is -2.25. The molecule has 1 aromatic rings. The fourth-order valence-electron chi connectivity index (χ4n) is 2.57. The van der Waals surface area contributed by atoms with E-state index >= 15 is 0 Å². The largest absolute Gasteiger partial charge is 0.369 e. The second-order valence-corrected chi connectivity index (χ2v) is 6.78. The maximum absolute atomic E-state index is 12.1. The van der Waals surface area contributed by atoms with E-state index in [0.717, 1.165) is 18.5 Å². The summed E-state index contributed by atoms with van der Waals surface area (Å²) in [6.45, 7) is 8.77. The van der Waals surface area contributed by atoms with Crippen LogP contribution in [0.2, 0.25) is 0 Å². The minimum absolute atomic E-state index is 0.0899. The minimum atomic E-state index is -0.484. The molecule has 1 heterocycles. The van der Waals surface area contributed by atoms with Gasteiger partial charge in [-0.3, -0.25) is 9.59 Å². The number of carbonyl (C=O) groups is 2. The topological polar surface area (TPSA) is 49.4 Å². The van der Waals surface area contributed by atoms with Crippen LogP contribution in [0.25, 0.3) is 0 Å². The Morgan fingerprint density at radius 2 is 2.10 bits per heavy atom. The third-order valence-electron chi connectivity index (χ3n) is 3.98. The normalized spacial score (nSPS) is 18.7. The lowest BCUT2D eigenvalue weighted by Crippen LogP contribution is -2.28. The van der Waals surface area contributed by atoms with Gasteiger partial charge in [-0.2, -0.15) is 0 Å².